The maximum absolute atomic E-state index is 12.2. The number of amides is 1. The zero-order valence-corrected chi connectivity index (χ0v) is 19.7. The zero-order valence-electron chi connectivity index (χ0n) is 18.9. The predicted molar refractivity (Wildman–Crippen MR) is 122 cm³/mol. The van der Waals surface area contributed by atoms with Gasteiger partial charge in [0, 0.05) is 32.2 Å². The molecular weight excluding hydrogens is 448 g/mol. The fourth-order valence-corrected chi connectivity index (χ4v) is 4.58. The van der Waals surface area contributed by atoms with Crippen molar-refractivity contribution in [2.75, 3.05) is 37.5 Å². The first-order valence-corrected chi connectivity index (χ1v) is 12.7. The van der Waals surface area contributed by atoms with Crippen LogP contribution in [0.25, 0.3) is 11.2 Å². The molecule has 2 aliphatic heterocycles. The molecule has 0 unspecified atom stereocenters. The molecule has 0 radical (unpaired) electrons. The number of carbonyl (C=O) groups excluding carboxylic acids is 1. The van der Waals surface area contributed by atoms with Crippen molar-refractivity contribution in [2.45, 2.75) is 32.8 Å². The summed E-state index contributed by atoms with van der Waals surface area (Å²) >= 11 is 0. The van der Waals surface area contributed by atoms with E-state index in [0.717, 1.165) is 0 Å². The van der Waals surface area contributed by atoms with Gasteiger partial charge in [-0.3, -0.25) is 5.01 Å². The Kier molecular flexibility index (Phi) is 6.54. The lowest BCUT2D eigenvalue weighted by Crippen LogP contribution is -2.42. The fourth-order valence-electron chi connectivity index (χ4n) is 3.70. The average molecular weight is 477 g/mol. The summed E-state index contributed by atoms with van der Waals surface area (Å²) in [5.41, 5.74) is 0.887. The molecule has 0 saturated carbocycles. The number of sulfone groups is 1. The molecule has 0 bridgehead atoms. The van der Waals surface area contributed by atoms with E-state index in [1.54, 1.807) is 26.7 Å². The van der Waals surface area contributed by atoms with Crippen LogP contribution in [0.15, 0.2) is 35.9 Å². The second-order valence-corrected chi connectivity index (χ2v) is 10.5. The minimum Gasteiger partial charge on any atom is -0.473 e. The topological polar surface area (TPSA) is 120 Å². The van der Waals surface area contributed by atoms with Gasteiger partial charge in [-0.2, -0.15) is 4.98 Å². The van der Waals surface area contributed by atoms with E-state index in [-0.39, 0.29) is 17.2 Å². The standard InChI is InChI=1S/C21H28N6O5S/c1-15(2)12-31-21(28)25-10-7-16(8-11-25)32-20-18-19(22-13-23-20)27(14-24-18)26-9-5-4-6-17(26)33(3,29)30/h4-6,13-16H,7-12H2,1-3H3. The molecule has 2 aliphatic rings. The molecule has 1 fully saturated rings. The van der Waals surface area contributed by atoms with Crippen molar-refractivity contribution in [2.24, 2.45) is 5.92 Å². The summed E-state index contributed by atoms with van der Waals surface area (Å²) in [6.07, 6.45) is 10.0. The van der Waals surface area contributed by atoms with Gasteiger partial charge in [0.1, 0.15) is 23.8 Å². The quantitative estimate of drug-likeness (QED) is 0.615. The molecule has 0 N–H and O–H groups in total. The van der Waals surface area contributed by atoms with Gasteiger partial charge in [0.15, 0.2) is 21.0 Å². The molecule has 1 amide bonds. The van der Waals surface area contributed by atoms with Gasteiger partial charge in [-0.25, -0.2) is 27.9 Å². The van der Waals surface area contributed by atoms with Crippen molar-refractivity contribution in [3.8, 4) is 5.88 Å². The van der Waals surface area contributed by atoms with Crippen LogP contribution >= 0.6 is 0 Å². The first-order valence-electron chi connectivity index (χ1n) is 10.8. The minimum atomic E-state index is -3.45. The van der Waals surface area contributed by atoms with Gasteiger partial charge in [0.2, 0.25) is 5.88 Å². The van der Waals surface area contributed by atoms with Crippen LogP contribution < -0.4 is 9.75 Å². The van der Waals surface area contributed by atoms with E-state index in [2.05, 4.69) is 15.0 Å². The lowest BCUT2D eigenvalue weighted by atomic mass is 10.1. The highest BCUT2D eigenvalue weighted by atomic mass is 32.2. The van der Waals surface area contributed by atoms with Crippen molar-refractivity contribution in [1.82, 2.24) is 24.5 Å². The molecule has 178 valence electrons. The number of rotatable bonds is 6. The Labute approximate surface area is 192 Å². The number of aromatic nitrogens is 4. The van der Waals surface area contributed by atoms with E-state index in [9.17, 15) is 13.2 Å². The number of nitrogens with zero attached hydrogens (tertiary/aromatic N) is 6. The summed E-state index contributed by atoms with van der Waals surface area (Å²) in [4.78, 5) is 26.8. The van der Waals surface area contributed by atoms with Gasteiger partial charge in [0.25, 0.3) is 0 Å². The number of carbonyl (C=O) groups is 1. The molecule has 4 rings (SSSR count). The van der Waals surface area contributed by atoms with Crippen LogP contribution in [0.3, 0.4) is 0 Å². The Bertz CT molecular complexity index is 1180. The van der Waals surface area contributed by atoms with E-state index in [4.69, 9.17) is 9.47 Å². The maximum Gasteiger partial charge on any atom is 0.409 e. The Morgan fingerprint density at radius 2 is 1.97 bits per heavy atom. The lowest BCUT2D eigenvalue weighted by molar-refractivity contribution is 0.0610. The number of piperidine rings is 1. The Hall–Kier alpha value is -3.15. The number of allylic oxidation sites excluding steroid dienone is 2. The van der Waals surface area contributed by atoms with Gasteiger partial charge >= 0.3 is 6.09 Å². The molecule has 11 nitrogen and oxygen atoms in total. The number of hydrogen-bond acceptors (Lipinski definition) is 9. The molecule has 0 aromatic carbocycles. The summed E-state index contributed by atoms with van der Waals surface area (Å²) in [7, 11) is -3.45. The van der Waals surface area contributed by atoms with Crippen LogP contribution in [0.1, 0.15) is 26.7 Å². The Morgan fingerprint density at radius 1 is 1.21 bits per heavy atom. The smallest absolute Gasteiger partial charge is 0.409 e. The number of imidazole rings is 1. The molecule has 2 aromatic heterocycles. The maximum atomic E-state index is 12.2. The zero-order chi connectivity index (χ0) is 23.6. The highest BCUT2D eigenvalue weighted by Crippen LogP contribution is 2.26. The van der Waals surface area contributed by atoms with Crippen LogP contribution in [-0.2, 0) is 14.6 Å². The highest BCUT2D eigenvalue weighted by Gasteiger charge is 2.28. The SMILES string of the molecule is CC(C)COC(=O)N1CCC(Oc2ncnc3c2ncn3N2CC=CC=C2S(C)(=O)=O)CC1. The highest BCUT2D eigenvalue weighted by molar-refractivity contribution is 7.94. The second-order valence-electron chi connectivity index (χ2n) is 8.50. The van der Waals surface area contributed by atoms with Gasteiger partial charge in [-0.05, 0) is 12.0 Å². The first kappa shape index (κ1) is 23.0. The molecule has 1 saturated heterocycles. The normalized spacial score (nSPS) is 17.5. The number of likely N-dealkylation sites (tertiary alicyclic amines) is 1. The first-order chi connectivity index (χ1) is 15.7. The fraction of sp³-hybridized carbons (Fsp3) is 0.524. The third-order valence-electron chi connectivity index (χ3n) is 5.35. The summed E-state index contributed by atoms with van der Waals surface area (Å²) in [6.45, 7) is 5.82. The third kappa shape index (κ3) is 5.10. The molecular formula is C21H28N6O5S. The van der Waals surface area contributed by atoms with E-state index in [1.165, 1.54) is 18.9 Å². The van der Waals surface area contributed by atoms with E-state index < -0.39 is 9.84 Å². The van der Waals surface area contributed by atoms with Crippen LogP contribution in [-0.4, -0.2) is 77.6 Å². The van der Waals surface area contributed by atoms with Crippen molar-refractivity contribution < 1.29 is 22.7 Å². The predicted octanol–water partition coefficient (Wildman–Crippen LogP) is 1.86. The number of ether oxygens (including phenoxy) is 2. The average Bonchev–Trinajstić information content (AvgIpc) is 3.22. The molecule has 0 spiro atoms. The van der Waals surface area contributed by atoms with Crippen molar-refractivity contribution in [1.29, 1.82) is 0 Å². The number of fused-ring (bicyclic) bond motifs is 1. The minimum absolute atomic E-state index is 0.133. The van der Waals surface area contributed by atoms with Gasteiger partial charge in [-0.1, -0.05) is 26.0 Å². The van der Waals surface area contributed by atoms with Crippen LogP contribution in [0, 0.1) is 5.92 Å². The van der Waals surface area contributed by atoms with E-state index >= 15 is 0 Å². The van der Waals surface area contributed by atoms with Gasteiger partial charge < -0.3 is 14.4 Å². The monoisotopic (exact) mass is 476 g/mol. The largest absolute Gasteiger partial charge is 0.473 e. The molecule has 12 heteroatoms. The Balaban J connectivity index is 1.47. The summed E-state index contributed by atoms with van der Waals surface area (Å²) in [5, 5.41) is 1.74. The molecule has 0 aliphatic carbocycles. The van der Waals surface area contributed by atoms with Crippen LogP contribution in [0.5, 0.6) is 5.88 Å². The van der Waals surface area contributed by atoms with E-state index in [1.807, 2.05) is 19.9 Å². The lowest BCUT2D eigenvalue weighted by Gasteiger charge is -2.31. The molecule has 0 atom stereocenters. The van der Waals surface area contributed by atoms with Gasteiger partial charge in [-0.15, -0.1) is 0 Å². The summed E-state index contributed by atoms with van der Waals surface area (Å²) in [5.74, 6) is 0.622. The van der Waals surface area contributed by atoms with Crippen LogP contribution in [0.2, 0.25) is 0 Å². The van der Waals surface area contributed by atoms with Crippen molar-refractivity contribution in [3.05, 3.63) is 35.9 Å². The van der Waals surface area contributed by atoms with Gasteiger partial charge in [0.05, 0.1) is 13.2 Å². The molecule has 4 heterocycles. The summed E-state index contributed by atoms with van der Waals surface area (Å²) < 4.78 is 37.5. The van der Waals surface area contributed by atoms with Crippen molar-refractivity contribution >= 4 is 27.1 Å². The number of hydrogen-bond donors (Lipinski definition) is 0. The van der Waals surface area contributed by atoms with E-state index in [0.29, 0.717) is 62.0 Å². The second kappa shape index (κ2) is 9.38. The van der Waals surface area contributed by atoms with Crippen molar-refractivity contribution in [3.63, 3.8) is 0 Å². The van der Waals surface area contributed by atoms with Crippen LogP contribution in [0.4, 0.5) is 4.79 Å². The molecule has 2 aromatic rings. The molecule has 33 heavy (non-hydrogen) atoms. The third-order valence-corrected chi connectivity index (χ3v) is 6.46. The Morgan fingerprint density at radius 3 is 2.67 bits per heavy atom. The summed E-state index contributed by atoms with van der Waals surface area (Å²) in [6, 6.07) is 0.